The highest BCUT2D eigenvalue weighted by Crippen LogP contribution is 2.24. The van der Waals surface area contributed by atoms with Gasteiger partial charge in [-0.15, -0.1) is 0 Å². The van der Waals surface area contributed by atoms with E-state index < -0.39 is 0 Å². The van der Waals surface area contributed by atoms with Crippen LogP contribution in [-0.4, -0.2) is 51.8 Å². The van der Waals surface area contributed by atoms with Gasteiger partial charge in [0.2, 0.25) is 0 Å². The van der Waals surface area contributed by atoms with E-state index in [0.717, 1.165) is 44.0 Å². The maximum Gasteiger partial charge on any atom is 0.322 e. The van der Waals surface area contributed by atoms with Crippen LogP contribution in [0.15, 0.2) is 23.0 Å². The molecule has 1 saturated heterocycles. The molecule has 0 bridgehead atoms. The first-order chi connectivity index (χ1) is 11.6. The van der Waals surface area contributed by atoms with Crippen LogP contribution in [0.1, 0.15) is 31.1 Å². The van der Waals surface area contributed by atoms with Gasteiger partial charge >= 0.3 is 6.03 Å². The maximum atomic E-state index is 12.5. The summed E-state index contributed by atoms with van der Waals surface area (Å²) in [5, 5.41) is 11.7. The van der Waals surface area contributed by atoms with Crippen molar-refractivity contribution in [1.82, 2.24) is 19.6 Å². The van der Waals surface area contributed by atoms with Gasteiger partial charge in [-0.1, -0.05) is 6.92 Å². The number of amides is 2. The van der Waals surface area contributed by atoms with Crippen molar-refractivity contribution in [2.45, 2.75) is 26.3 Å². The van der Waals surface area contributed by atoms with Gasteiger partial charge in [-0.2, -0.15) is 16.4 Å². The van der Waals surface area contributed by atoms with Gasteiger partial charge < -0.3 is 10.2 Å². The molecule has 24 heavy (non-hydrogen) atoms. The van der Waals surface area contributed by atoms with Crippen LogP contribution in [0.3, 0.4) is 0 Å². The Morgan fingerprint density at radius 3 is 2.75 bits per heavy atom. The first kappa shape index (κ1) is 17.0. The normalized spacial score (nSPS) is 17.0. The minimum atomic E-state index is -0.0273. The molecular formula is C17H25N5OS. The van der Waals surface area contributed by atoms with E-state index in [1.165, 1.54) is 5.56 Å². The quantitative estimate of drug-likeness (QED) is 0.925. The molecule has 130 valence electrons. The molecule has 7 heteroatoms. The van der Waals surface area contributed by atoms with Crippen molar-refractivity contribution in [3.8, 4) is 0 Å². The molecule has 0 saturated carbocycles. The molecule has 3 heterocycles. The average Bonchev–Trinajstić information content (AvgIpc) is 3.24. The number of thiophene rings is 1. The van der Waals surface area contributed by atoms with E-state index in [9.17, 15) is 4.79 Å². The maximum absolute atomic E-state index is 12.5. The summed E-state index contributed by atoms with van der Waals surface area (Å²) in [6, 6.07) is 2.57. The highest BCUT2D eigenvalue weighted by atomic mass is 32.1. The van der Waals surface area contributed by atoms with Crippen LogP contribution in [0.25, 0.3) is 0 Å². The smallest absolute Gasteiger partial charge is 0.322 e. The molecule has 2 aromatic heterocycles. The van der Waals surface area contributed by atoms with E-state index in [1.807, 2.05) is 25.1 Å². The first-order valence-corrected chi connectivity index (χ1v) is 9.37. The van der Waals surface area contributed by atoms with Crippen LogP contribution < -0.4 is 5.32 Å². The van der Waals surface area contributed by atoms with Crippen molar-refractivity contribution >= 4 is 23.1 Å². The van der Waals surface area contributed by atoms with Crippen molar-refractivity contribution in [3.05, 3.63) is 34.3 Å². The number of urea groups is 1. The molecule has 0 spiro atoms. The Kier molecular flexibility index (Phi) is 5.20. The van der Waals surface area contributed by atoms with Gasteiger partial charge in [0.1, 0.15) is 0 Å². The van der Waals surface area contributed by atoms with Gasteiger partial charge in [-0.05, 0) is 35.7 Å². The Labute approximate surface area is 147 Å². The van der Waals surface area contributed by atoms with Gasteiger partial charge in [0, 0.05) is 45.5 Å². The van der Waals surface area contributed by atoms with E-state index in [2.05, 4.69) is 39.1 Å². The fourth-order valence-electron chi connectivity index (χ4n) is 3.13. The molecule has 1 aliphatic rings. The van der Waals surface area contributed by atoms with Crippen molar-refractivity contribution < 1.29 is 4.79 Å². The van der Waals surface area contributed by atoms with Crippen LogP contribution in [-0.2, 0) is 13.5 Å². The van der Waals surface area contributed by atoms with E-state index in [-0.39, 0.29) is 6.03 Å². The highest BCUT2D eigenvalue weighted by molar-refractivity contribution is 7.07. The number of nitrogens with one attached hydrogen (secondary N) is 1. The number of piperazine rings is 1. The van der Waals surface area contributed by atoms with Crippen molar-refractivity contribution in [1.29, 1.82) is 0 Å². The summed E-state index contributed by atoms with van der Waals surface area (Å²) in [4.78, 5) is 16.8. The zero-order chi connectivity index (χ0) is 17.1. The van der Waals surface area contributed by atoms with E-state index in [4.69, 9.17) is 0 Å². The molecule has 1 aliphatic heterocycles. The van der Waals surface area contributed by atoms with Crippen molar-refractivity contribution in [3.63, 3.8) is 0 Å². The third kappa shape index (κ3) is 3.62. The summed E-state index contributed by atoms with van der Waals surface area (Å²) in [6.07, 6.45) is 2.67. The van der Waals surface area contributed by atoms with Crippen LogP contribution in [0.4, 0.5) is 10.5 Å². The van der Waals surface area contributed by atoms with Gasteiger partial charge in [-0.3, -0.25) is 9.58 Å². The average molecular weight is 347 g/mol. The van der Waals surface area contributed by atoms with E-state index >= 15 is 0 Å². The van der Waals surface area contributed by atoms with E-state index in [1.54, 1.807) is 16.0 Å². The fourth-order valence-corrected chi connectivity index (χ4v) is 3.88. The molecule has 0 radical (unpaired) electrons. The van der Waals surface area contributed by atoms with Crippen LogP contribution >= 0.6 is 11.3 Å². The topological polar surface area (TPSA) is 53.4 Å². The zero-order valence-corrected chi connectivity index (χ0v) is 15.3. The SMILES string of the molecule is CCc1nn(C)cc1NC(=O)N1CCN(C(C)c2ccsc2)CC1. The van der Waals surface area contributed by atoms with Crippen molar-refractivity contribution in [2.75, 3.05) is 31.5 Å². The minimum Gasteiger partial charge on any atom is -0.322 e. The Bertz CT molecular complexity index is 673. The second-order valence-electron chi connectivity index (χ2n) is 6.20. The van der Waals surface area contributed by atoms with Gasteiger partial charge in [0.25, 0.3) is 0 Å². The fraction of sp³-hybridized carbons (Fsp3) is 0.529. The number of hydrogen-bond acceptors (Lipinski definition) is 4. The number of aromatic nitrogens is 2. The molecule has 3 rings (SSSR count). The lowest BCUT2D eigenvalue weighted by molar-refractivity contribution is 0.119. The molecule has 1 unspecified atom stereocenters. The lowest BCUT2D eigenvalue weighted by Gasteiger charge is -2.37. The monoisotopic (exact) mass is 347 g/mol. The molecular weight excluding hydrogens is 322 g/mol. The summed E-state index contributed by atoms with van der Waals surface area (Å²) >= 11 is 1.73. The summed E-state index contributed by atoms with van der Waals surface area (Å²) in [5.41, 5.74) is 3.11. The molecule has 2 amide bonds. The number of aryl methyl sites for hydroxylation is 2. The molecule has 1 atom stereocenters. The lowest BCUT2D eigenvalue weighted by Crippen LogP contribution is -2.50. The predicted molar refractivity (Wildman–Crippen MR) is 97.5 cm³/mol. The van der Waals surface area contributed by atoms with Crippen LogP contribution in [0, 0.1) is 0 Å². The number of anilines is 1. The lowest BCUT2D eigenvalue weighted by atomic mass is 10.1. The molecule has 0 aromatic carbocycles. The number of hydrogen-bond donors (Lipinski definition) is 1. The summed E-state index contributed by atoms with van der Waals surface area (Å²) < 4.78 is 1.74. The molecule has 2 aromatic rings. The van der Waals surface area contributed by atoms with Gasteiger partial charge in [-0.25, -0.2) is 4.79 Å². The number of carbonyl (C=O) groups is 1. The Balaban J connectivity index is 1.55. The Hall–Kier alpha value is -1.86. The predicted octanol–water partition coefficient (Wildman–Crippen LogP) is 2.95. The summed E-state index contributed by atoms with van der Waals surface area (Å²) in [5.74, 6) is 0. The summed E-state index contributed by atoms with van der Waals surface area (Å²) in [6.45, 7) is 7.59. The largest absolute Gasteiger partial charge is 0.322 e. The summed E-state index contributed by atoms with van der Waals surface area (Å²) in [7, 11) is 1.87. The van der Waals surface area contributed by atoms with Gasteiger partial charge in [0.15, 0.2) is 0 Å². The molecule has 6 nitrogen and oxygen atoms in total. The minimum absolute atomic E-state index is 0.0273. The number of rotatable bonds is 4. The van der Waals surface area contributed by atoms with Gasteiger partial charge in [0.05, 0.1) is 11.4 Å². The highest BCUT2D eigenvalue weighted by Gasteiger charge is 2.25. The molecule has 1 fully saturated rings. The number of nitrogens with zero attached hydrogens (tertiary/aromatic N) is 4. The Morgan fingerprint density at radius 1 is 1.38 bits per heavy atom. The molecule has 0 aliphatic carbocycles. The third-order valence-corrected chi connectivity index (χ3v) is 5.36. The van der Waals surface area contributed by atoms with E-state index in [0.29, 0.717) is 6.04 Å². The third-order valence-electron chi connectivity index (χ3n) is 4.66. The molecule has 1 N–H and O–H groups in total. The van der Waals surface area contributed by atoms with Crippen LogP contribution in [0.2, 0.25) is 0 Å². The standard InChI is InChI=1S/C17H25N5OS/c1-4-15-16(11-20(3)19-15)18-17(23)22-8-6-21(7-9-22)13(2)14-5-10-24-12-14/h5,10-13H,4,6-9H2,1-3H3,(H,18,23). The second kappa shape index (κ2) is 7.36. The Morgan fingerprint density at radius 2 is 2.12 bits per heavy atom. The van der Waals surface area contributed by atoms with Crippen LogP contribution in [0.5, 0.6) is 0 Å². The first-order valence-electron chi connectivity index (χ1n) is 8.43. The van der Waals surface area contributed by atoms with Crippen molar-refractivity contribution in [2.24, 2.45) is 7.05 Å². The zero-order valence-electron chi connectivity index (χ0n) is 14.5. The second-order valence-corrected chi connectivity index (χ2v) is 6.98. The number of carbonyl (C=O) groups excluding carboxylic acids is 1.